The van der Waals surface area contributed by atoms with Crippen molar-refractivity contribution >= 4 is 5.91 Å². The molecule has 2 aliphatic rings. The van der Waals surface area contributed by atoms with E-state index in [2.05, 4.69) is 12.2 Å². The second-order valence-corrected chi connectivity index (χ2v) is 6.59. The van der Waals surface area contributed by atoms with Crippen LogP contribution >= 0.6 is 0 Å². The standard InChI is InChI=1S/C16H30N2O/c1-2-12-7-9-13(10-8-12)11-18-16(19)14-5-3-4-6-15(14)17/h12-15H,2-11,17H2,1H3,(H,18,19). The van der Waals surface area contributed by atoms with Crippen molar-refractivity contribution in [3.8, 4) is 0 Å². The number of nitrogens with two attached hydrogens (primary N) is 1. The van der Waals surface area contributed by atoms with E-state index < -0.39 is 0 Å². The average molecular weight is 266 g/mol. The van der Waals surface area contributed by atoms with E-state index >= 15 is 0 Å². The first-order valence-corrected chi connectivity index (χ1v) is 8.24. The maximum Gasteiger partial charge on any atom is 0.224 e. The molecule has 0 bridgehead atoms. The Bertz CT molecular complexity index is 284. The van der Waals surface area contributed by atoms with E-state index in [1.54, 1.807) is 0 Å². The smallest absolute Gasteiger partial charge is 0.224 e. The molecule has 2 saturated carbocycles. The fourth-order valence-electron chi connectivity index (χ4n) is 3.70. The molecule has 2 aliphatic carbocycles. The molecule has 0 aromatic rings. The Morgan fingerprint density at radius 2 is 1.68 bits per heavy atom. The SMILES string of the molecule is CCC1CCC(CNC(=O)C2CCCCC2N)CC1. The van der Waals surface area contributed by atoms with Crippen molar-refractivity contribution in [3.05, 3.63) is 0 Å². The Balaban J connectivity index is 1.69. The molecular formula is C16H30N2O. The van der Waals surface area contributed by atoms with Crippen LogP contribution < -0.4 is 11.1 Å². The van der Waals surface area contributed by atoms with Gasteiger partial charge in [0, 0.05) is 12.6 Å². The fraction of sp³-hybridized carbons (Fsp3) is 0.938. The molecule has 19 heavy (non-hydrogen) atoms. The summed E-state index contributed by atoms with van der Waals surface area (Å²) in [6.45, 7) is 3.16. The largest absolute Gasteiger partial charge is 0.356 e. The third kappa shape index (κ3) is 4.20. The number of carbonyl (C=O) groups excluding carboxylic acids is 1. The maximum atomic E-state index is 12.2. The fourth-order valence-corrected chi connectivity index (χ4v) is 3.70. The quantitative estimate of drug-likeness (QED) is 0.822. The van der Waals surface area contributed by atoms with Gasteiger partial charge in [-0.05, 0) is 37.5 Å². The summed E-state index contributed by atoms with van der Waals surface area (Å²) in [5, 5.41) is 3.17. The van der Waals surface area contributed by atoms with Crippen molar-refractivity contribution in [1.82, 2.24) is 5.32 Å². The second-order valence-electron chi connectivity index (χ2n) is 6.59. The van der Waals surface area contributed by atoms with Crippen LogP contribution in [-0.4, -0.2) is 18.5 Å². The summed E-state index contributed by atoms with van der Waals surface area (Å²) in [6.07, 6.45) is 10.9. The summed E-state index contributed by atoms with van der Waals surface area (Å²) in [6, 6.07) is 0.0876. The lowest BCUT2D eigenvalue weighted by Crippen LogP contribution is -2.45. The lowest BCUT2D eigenvalue weighted by atomic mass is 9.80. The van der Waals surface area contributed by atoms with Gasteiger partial charge in [0.1, 0.15) is 0 Å². The van der Waals surface area contributed by atoms with E-state index in [4.69, 9.17) is 5.73 Å². The topological polar surface area (TPSA) is 55.1 Å². The molecule has 3 N–H and O–H groups in total. The normalized spacial score (nSPS) is 35.9. The van der Waals surface area contributed by atoms with Crippen LogP contribution in [0, 0.1) is 17.8 Å². The van der Waals surface area contributed by atoms with Gasteiger partial charge >= 0.3 is 0 Å². The van der Waals surface area contributed by atoms with Crippen molar-refractivity contribution in [2.45, 2.75) is 70.8 Å². The van der Waals surface area contributed by atoms with Gasteiger partial charge in [-0.3, -0.25) is 4.79 Å². The highest BCUT2D eigenvalue weighted by Gasteiger charge is 2.28. The average Bonchev–Trinajstić information content (AvgIpc) is 2.46. The van der Waals surface area contributed by atoms with Crippen molar-refractivity contribution in [2.75, 3.05) is 6.54 Å². The third-order valence-corrected chi connectivity index (χ3v) is 5.26. The van der Waals surface area contributed by atoms with Crippen LogP contribution in [0.4, 0.5) is 0 Å². The van der Waals surface area contributed by atoms with Crippen LogP contribution in [0.2, 0.25) is 0 Å². The Hall–Kier alpha value is -0.570. The lowest BCUT2D eigenvalue weighted by molar-refractivity contribution is -0.126. The van der Waals surface area contributed by atoms with Crippen molar-refractivity contribution in [3.63, 3.8) is 0 Å². The highest BCUT2D eigenvalue weighted by Crippen LogP contribution is 2.30. The summed E-state index contributed by atoms with van der Waals surface area (Å²) in [5.74, 6) is 1.91. The Labute approximate surface area is 117 Å². The molecule has 0 aliphatic heterocycles. The van der Waals surface area contributed by atoms with Crippen LogP contribution in [0.5, 0.6) is 0 Å². The first-order valence-electron chi connectivity index (χ1n) is 8.24. The molecule has 0 aromatic heterocycles. The molecule has 2 rings (SSSR count). The summed E-state index contributed by atoms with van der Waals surface area (Å²) >= 11 is 0. The zero-order valence-electron chi connectivity index (χ0n) is 12.4. The van der Waals surface area contributed by atoms with E-state index in [1.165, 1.54) is 38.5 Å². The van der Waals surface area contributed by atoms with Crippen LogP contribution in [0.3, 0.4) is 0 Å². The Morgan fingerprint density at radius 1 is 1.05 bits per heavy atom. The van der Waals surface area contributed by atoms with Gasteiger partial charge in [-0.25, -0.2) is 0 Å². The first kappa shape index (κ1) is 14.8. The Kier molecular flexibility index (Phi) is 5.68. The molecule has 3 nitrogen and oxygen atoms in total. The highest BCUT2D eigenvalue weighted by atomic mass is 16.1. The molecule has 0 aromatic carbocycles. The minimum absolute atomic E-state index is 0.0701. The molecule has 0 radical (unpaired) electrons. The summed E-state index contributed by atoms with van der Waals surface area (Å²) < 4.78 is 0. The van der Waals surface area contributed by atoms with Gasteiger partial charge in [-0.1, -0.05) is 39.0 Å². The van der Waals surface area contributed by atoms with Gasteiger partial charge in [0.2, 0.25) is 5.91 Å². The molecule has 1 amide bonds. The van der Waals surface area contributed by atoms with Crippen LogP contribution in [0.25, 0.3) is 0 Å². The van der Waals surface area contributed by atoms with Gasteiger partial charge in [0.05, 0.1) is 5.92 Å². The Morgan fingerprint density at radius 3 is 2.32 bits per heavy atom. The number of amides is 1. The molecule has 0 spiro atoms. The number of rotatable bonds is 4. The molecule has 3 heteroatoms. The third-order valence-electron chi connectivity index (χ3n) is 5.26. The van der Waals surface area contributed by atoms with E-state index in [1.807, 2.05) is 0 Å². The first-order chi connectivity index (χ1) is 9.20. The molecule has 2 atom stereocenters. The monoisotopic (exact) mass is 266 g/mol. The van der Waals surface area contributed by atoms with E-state index in [0.717, 1.165) is 31.7 Å². The predicted octanol–water partition coefficient (Wildman–Crippen LogP) is 2.84. The van der Waals surface area contributed by atoms with E-state index in [0.29, 0.717) is 5.92 Å². The van der Waals surface area contributed by atoms with Crippen molar-refractivity contribution < 1.29 is 4.79 Å². The molecule has 0 saturated heterocycles. The van der Waals surface area contributed by atoms with Crippen molar-refractivity contribution in [1.29, 1.82) is 0 Å². The molecule has 110 valence electrons. The zero-order valence-corrected chi connectivity index (χ0v) is 12.4. The zero-order chi connectivity index (χ0) is 13.7. The highest BCUT2D eigenvalue weighted by molar-refractivity contribution is 5.79. The maximum absolute atomic E-state index is 12.2. The molecule has 2 unspecified atom stereocenters. The number of hydrogen-bond donors (Lipinski definition) is 2. The molecular weight excluding hydrogens is 236 g/mol. The molecule has 0 heterocycles. The van der Waals surface area contributed by atoms with Crippen LogP contribution in [0.15, 0.2) is 0 Å². The summed E-state index contributed by atoms with van der Waals surface area (Å²) in [5.41, 5.74) is 6.06. The summed E-state index contributed by atoms with van der Waals surface area (Å²) in [4.78, 5) is 12.2. The minimum atomic E-state index is 0.0701. The van der Waals surface area contributed by atoms with E-state index in [9.17, 15) is 4.79 Å². The van der Waals surface area contributed by atoms with Gasteiger partial charge in [-0.2, -0.15) is 0 Å². The summed E-state index contributed by atoms with van der Waals surface area (Å²) in [7, 11) is 0. The van der Waals surface area contributed by atoms with Crippen LogP contribution in [0.1, 0.15) is 64.7 Å². The van der Waals surface area contributed by atoms with Gasteiger partial charge in [0.15, 0.2) is 0 Å². The van der Waals surface area contributed by atoms with Gasteiger partial charge in [0.25, 0.3) is 0 Å². The van der Waals surface area contributed by atoms with E-state index in [-0.39, 0.29) is 17.9 Å². The van der Waals surface area contributed by atoms with Gasteiger partial charge < -0.3 is 11.1 Å². The predicted molar refractivity (Wildman–Crippen MR) is 78.7 cm³/mol. The molecule has 2 fully saturated rings. The number of nitrogens with one attached hydrogen (secondary N) is 1. The second kappa shape index (κ2) is 7.28. The van der Waals surface area contributed by atoms with Crippen LogP contribution in [-0.2, 0) is 4.79 Å². The lowest BCUT2D eigenvalue weighted by Gasteiger charge is -2.30. The number of hydrogen-bond acceptors (Lipinski definition) is 2. The minimum Gasteiger partial charge on any atom is -0.356 e. The van der Waals surface area contributed by atoms with Crippen molar-refractivity contribution in [2.24, 2.45) is 23.5 Å². The van der Waals surface area contributed by atoms with Gasteiger partial charge in [-0.15, -0.1) is 0 Å². The number of carbonyl (C=O) groups is 1.